The molecule has 0 aliphatic heterocycles. The molecule has 0 aromatic rings. The highest BCUT2D eigenvalue weighted by molar-refractivity contribution is 7.89. The fraction of sp³-hybridized carbons (Fsp3) is 1.00. The van der Waals surface area contributed by atoms with Crippen molar-refractivity contribution in [2.75, 3.05) is 31.9 Å². The lowest BCUT2D eigenvalue weighted by Gasteiger charge is -2.19. The first-order chi connectivity index (χ1) is 8.95. The van der Waals surface area contributed by atoms with E-state index >= 15 is 0 Å². The summed E-state index contributed by atoms with van der Waals surface area (Å²) in [6.45, 7) is 9.91. The number of sulfonamides is 1. The number of hydrogen-bond donors (Lipinski definition) is 2. The van der Waals surface area contributed by atoms with Crippen LogP contribution in [0.1, 0.15) is 46.5 Å². The van der Waals surface area contributed by atoms with Gasteiger partial charge < -0.3 is 10.6 Å². The number of rotatable bonds is 12. The summed E-state index contributed by atoms with van der Waals surface area (Å²) in [5, 5.41) is 0. The van der Waals surface area contributed by atoms with E-state index in [2.05, 4.69) is 23.5 Å². The third-order valence-corrected chi connectivity index (χ3v) is 4.84. The fourth-order valence-electron chi connectivity index (χ4n) is 2.02. The molecule has 116 valence electrons. The normalized spacial score (nSPS) is 13.9. The zero-order valence-electron chi connectivity index (χ0n) is 12.7. The molecule has 0 bridgehead atoms. The molecule has 19 heavy (non-hydrogen) atoms. The lowest BCUT2D eigenvalue weighted by molar-refractivity contribution is 0.293. The van der Waals surface area contributed by atoms with Crippen LogP contribution in [0, 0.1) is 0 Å². The van der Waals surface area contributed by atoms with Crippen molar-refractivity contribution in [1.29, 1.82) is 0 Å². The molecular formula is C13H31N3O2S. The smallest absolute Gasteiger partial charge is 0.211 e. The highest BCUT2D eigenvalue weighted by Crippen LogP contribution is 2.02. The summed E-state index contributed by atoms with van der Waals surface area (Å²) in [5.41, 5.74) is 5.36. The minimum atomic E-state index is -3.13. The van der Waals surface area contributed by atoms with Crippen LogP contribution in [-0.4, -0.2) is 51.3 Å². The highest BCUT2D eigenvalue weighted by Gasteiger charge is 2.13. The van der Waals surface area contributed by atoms with E-state index in [1.54, 1.807) is 0 Å². The van der Waals surface area contributed by atoms with Gasteiger partial charge >= 0.3 is 0 Å². The van der Waals surface area contributed by atoms with Crippen LogP contribution in [0.15, 0.2) is 0 Å². The zero-order valence-corrected chi connectivity index (χ0v) is 13.5. The maximum atomic E-state index is 11.8. The van der Waals surface area contributed by atoms with Gasteiger partial charge in [0.25, 0.3) is 0 Å². The Labute approximate surface area is 119 Å². The minimum Gasteiger partial charge on any atom is -0.330 e. The summed E-state index contributed by atoms with van der Waals surface area (Å²) in [6.07, 6.45) is 3.30. The molecule has 1 atom stereocenters. The van der Waals surface area contributed by atoms with E-state index in [0.717, 1.165) is 38.9 Å². The Morgan fingerprint density at radius 2 is 1.79 bits per heavy atom. The first-order valence-corrected chi connectivity index (χ1v) is 9.02. The van der Waals surface area contributed by atoms with Crippen LogP contribution in [-0.2, 0) is 10.0 Å². The number of unbranched alkanes of at least 4 members (excludes halogenated alkanes) is 1. The molecule has 0 spiro atoms. The molecule has 5 nitrogen and oxygen atoms in total. The van der Waals surface area contributed by atoms with Crippen LogP contribution in [0.3, 0.4) is 0 Å². The van der Waals surface area contributed by atoms with Gasteiger partial charge in [0.05, 0.1) is 5.75 Å². The minimum absolute atomic E-state index is 0.0124. The Bertz CT molecular complexity index is 303. The standard InChI is InChI=1S/C13H31N3O2S/c1-4-16(5-2)11-8-9-13(3)15-19(17,18)12-7-6-10-14/h13,15H,4-12,14H2,1-3H3. The Kier molecular flexibility index (Phi) is 10.5. The summed E-state index contributed by atoms with van der Waals surface area (Å²) >= 11 is 0. The predicted octanol–water partition coefficient (Wildman–Crippen LogP) is 1.16. The summed E-state index contributed by atoms with van der Waals surface area (Å²) in [7, 11) is -3.13. The third-order valence-electron chi connectivity index (χ3n) is 3.25. The van der Waals surface area contributed by atoms with Gasteiger partial charge in [0, 0.05) is 6.04 Å². The van der Waals surface area contributed by atoms with Crippen LogP contribution in [0.4, 0.5) is 0 Å². The van der Waals surface area contributed by atoms with Crippen LogP contribution >= 0.6 is 0 Å². The largest absolute Gasteiger partial charge is 0.330 e. The van der Waals surface area contributed by atoms with Gasteiger partial charge in [0.1, 0.15) is 0 Å². The van der Waals surface area contributed by atoms with Crippen LogP contribution in [0.2, 0.25) is 0 Å². The van der Waals surface area contributed by atoms with Gasteiger partial charge in [-0.3, -0.25) is 0 Å². The van der Waals surface area contributed by atoms with Gasteiger partial charge in [0.2, 0.25) is 10.0 Å². The zero-order chi connectivity index (χ0) is 14.7. The van der Waals surface area contributed by atoms with Gasteiger partial charge in [-0.1, -0.05) is 13.8 Å². The average molecular weight is 293 g/mol. The van der Waals surface area contributed by atoms with E-state index in [0.29, 0.717) is 13.0 Å². The third kappa shape index (κ3) is 10.3. The molecule has 0 amide bonds. The maximum Gasteiger partial charge on any atom is 0.211 e. The Morgan fingerprint density at radius 3 is 2.32 bits per heavy atom. The summed E-state index contributed by atoms with van der Waals surface area (Å²) in [4.78, 5) is 2.35. The van der Waals surface area contributed by atoms with Crippen molar-refractivity contribution in [3.05, 3.63) is 0 Å². The van der Waals surface area contributed by atoms with Crippen molar-refractivity contribution in [3.63, 3.8) is 0 Å². The number of nitrogens with two attached hydrogens (primary N) is 1. The first kappa shape index (κ1) is 18.8. The van der Waals surface area contributed by atoms with E-state index in [-0.39, 0.29) is 11.8 Å². The molecule has 0 heterocycles. The van der Waals surface area contributed by atoms with Crippen LogP contribution in [0.5, 0.6) is 0 Å². The van der Waals surface area contributed by atoms with E-state index in [4.69, 9.17) is 5.73 Å². The van der Waals surface area contributed by atoms with Crippen LogP contribution < -0.4 is 10.5 Å². The predicted molar refractivity (Wildman–Crippen MR) is 81.7 cm³/mol. The first-order valence-electron chi connectivity index (χ1n) is 7.37. The molecular weight excluding hydrogens is 262 g/mol. The Morgan fingerprint density at radius 1 is 1.16 bits per heavy atom. The molecule has 0 saturated carbocycles. The van der Waals surface area contributed by atoms with Crippen molar-refractivity contribution in [1.82, 2.24) is 9.62 Å². The monoisotopic (exact) mass is 293 g/mol. The van der Waals surface area contributed by atoms with E-state index in [1.165, 1.54) is 0 Å². The fourth-order valence-corrected chi connectivity index (χ4v) is 3.45. The van der Waals surface area contributed by atoms with Gasteiger partial charge in [-0.05, 0) is 58.8 Å². The number of nitrogens with zero attached hydrogens (tertiary/aromatic N) is 1. The Balaban J connectivity index is 3.86. The van der Waals surface area contributed by atoms with Crippen LogP contribution in [0.25, 0.3) is 0 Å². The van der Waals surface area contributed by atoms with Crippen molar-refractivity contribution in [3.8, 4) is 0 Å². The molecule has 0 fully saturated rings. The van der Waals surface area contributed by atoms with Gasteiger partial charge in [-0.2, -0.15) is 0 Å². The molecule has 6 heteroatoms. The lowest BCUT2D eigenvalue weighted by Crippen LogP contribution is -2.35. The second-order valence-electron chi connectivity index (χ2n) is 5.00. The van der Waals surface area contributed by atoms with Crippen molar-refractivity contribution < 1.29 is 8.42 Å². The van der Waals surface area contributed by atoms with Gasteiger partial charge in [-0.15, -0.1) is 0 Å². The Hall–Kier alpha value is -0.170. The summed E-state index contributed by atoms with van der Waals surface area (Å²) < 4.78 is 26.3. The van der Waals surface area contributed by atoms with Crippen molar-refractivity contribution in [2.45, 2.75) is 52.5 Å². The van der Waals surface area contributed by atoms with Gasteiger partial charge in [-0.25, -0.2) is 13.1 Å². The number of hydrogen-bond acceptors (Lipinski definition) is 4. The molecule has 0 aromatic carbocycles. The number of nitrogens with one attached hydrogen (secondary N) is 1. The molecule has 0 saturated heterocycles. The van der Waals surface area contributed by atoms with Crippen molar-refractivity contribution >= 4 is 10.0 Å². The molecule has 3 N–H and O–H groups in total. The van der Waals surface area contributed by atoms with E-state index < -0.39 is 10.0 Å². The summed E-state index contributed by atoms with van der Waals surface area (Å²) in [6, 6.07) is 0.0124. The molecule has 0 radical (unpaired) electrons. The van der Waals surface area contributed by atoms with E-state index in [9.17, 15) is 8.42 Å². The molecule has 0 aromatic heterocycles. The molecule has 0 rings (SSSR count). The molecule has 1 unspecified atom stereocenters. The molecule has 0 aliphatic rings. The average Bonchev–Trinajstić information content (AvgIpc) is 2.34. The topological polar surface area (TPSA) is 75.4 Å². The van der Waals surface area contributed by atoms with Gasteiger partial charge in [0.15, 0.2) is 0 Å². The van der Waals surface area contributed by atoms with Crippen molar-refractivity contribution in [2.24, 2.45) is 5.73 Å². The second-order valence-corrected chi connectivity index (χ2v) is 6.88. The lowest BCUT2D eigenvalue weighted by atomic mass is 10.2. The molecule has 0 aliphatic carbocycles. The highest BCUT2D eigenvalue weighted by atomic mass is 32.2. The van der Waals surface area contributed by atoms with E-state index in [1.807, 2.05) is 6.92 Å². The maximum absolute atomic E-state index is 11.8. The second kappa shape index (κ2) is 10.6. The summed E-state index contributed by atoms with van der Waals surface area (Å²) in [5.74, 6) is 0.185. The SMILES string of the molecule is CCN(CC)CCCC(C)NS(=O)(=O)CCCCN. The quantitative estimate of drug-likeness (QED) is 0.529.